The number of nitrogens with zero attached hydrogens (tertiary/aromatic N) is 3. The van der Waals surface area contributed by atoms with E-state index in [0.29, 0.717) is 37.4 Å². The minimum absolute atomic E-state index is 0.0438. The summed E-state index contributed by atoms with van der Waals surface area (Å²) in [4.78, 5) is 33.8. The number of alkyl halides is 2. The van der Waals surface area contributed by atoms with Gasteiger partial charge in [0.2, 0.25) is 5.95 Å². The van der Waals surface area contributed by atoms with E-state index in [9.17, 15) is 22.8 Å². The highest BCUT2D eigenvalue weighted by molar-refractivity contribution is 5.92. The Bertz CT molecular complexity index is 1330. The average molecular weight is 489 g/mol. The van der Waals surface area contributed by atoms with Crippen LogP contribution in [0.3, 0.4) is 0 Å². The molecule has 1 aliphatic carbocycles. The molecule has 0 radical (unpaired) electrons. The van der Waals surface area contributed by atoms with Crippen LogP contribution in [-0.2, 0) is 6.54 Å². The van der Waals surface area contributed by atoms with Crippen LogP contribution in [0.25, 0.3) is 10.9 Å². The summed E-state index contributed by atoms with van der Waals surface area (Å²) in [7, 11) is 0. The molecular weight excluding hydrogens is 466 g/mol. The summed E-state index contributed by atoms with van der Waals surface area (Å²) in [6, 6.07) is 7.25. The number of hydrogen-bond acceptors (Lipinski definition) is 5. The number of halogens is 4. The third-order valence-corrected chi connectivity index (χ3v) is 6.38. The molecular formula is C24H23F4N5O2. The van der Waals surface area contributed by atoms with Crippen molar-refractivity contribution >= 4 is 22.5 Å². The lowest BCUT2D eigenvalue weighted by Gasteiger charge is -2.36. The number of carbonyl (C=O) groups is 1. The van der Waals surface area contributed by atoms with E-state index < -0.39 is 29.3 Å². The van der Waals surface area contributed by atoms with Crippen molar-refractivity contribution in [3.05, 3.63) is 69.3 Å². The highest BCUT2D eigenvalue weighted by Gasteiger charge is 2.26. The van der Waals surface area contributed by atoms with Gasteiger partial charge in [0.05, 0.1) is 16.8 Å². The molecule has 184 valence electrons. The summed E-state index contributed by atoms with van der Waals surface area (Å²) < 4.78 is 55.6. The van der Waals surface area contributed by atoms with E-state index in [2.05, 4.69) is 15.3 Å². The van der Waals surface area contributed by atoms with Crippen molar-refractivity contribution in [2.45, 2.75) is 31.9 Å². The summed E-state index contributed by atoms with van der Waals surface area (Å²) in [6.07, 6.45) is -1.09. The Morgan fingerprint density at radius 1 is 1.11 bits per heavy atom. The summed E-state index contributed by atoms with van der Waals surface area (Å²) in [5.74, 6) is -1.75. The van der Waals surface area contributed by atoms with E-state index in [1.165, 1.54) is 18.2 Å². The van der Waals surface area contributed by atoms with Gasteiger partial charge in [-0.05, 0) is 31.0 Å². The predicted molar refractivity (Wildman–Crippen MR) is 122 cm³/mol. The van der Waals surface area contributed by atoms with Gasteiger partial charge in [0.25, 0.3) is 17.9 Å². The van der Waals surface area contributed by atoms with Crippen LogP contribution in [-0.4, -0.2) is 53.0 Å². The number of amides is 1. The lowest BCUT2D eigenvalue weighted by Crippen LogP contribution is -2.46. The van der Waals surface area contributed by atoms with Gasteiger partial charge in [-0.3, -0.25) is 14.5 Å². The van der Waals surface area contributed by atoms with Crippen molar-refractivity contribution in [3.63, 3.8) is 0 Å². The second kappa shape index (κ2) is 9.29. The van der Waals surface area contributed by atoms with Gasteiger partial charge in [-0.1, -0.05) is 12.1 Å². The zero-order valence-electron chi connectivity index (χ0n) is 18.7. The topological polar surface area (TPSA) is 81.3 Å². The third kappa shape index (κ3) is 4.86. The summed E-state index contributed by atoms with van der Waals surface area (Å²) >= 11 is 0. The first kappa shape index (κ1) is 23.3. The Kier molecular flexibility index (Phi) is 6.18. The second-order valence-corrected chi connectivity index (χ2v) is 8.87. The van der Waals surface area contributed by atoms with E-state index in [1.807, 2.05) is 9.80 Å². The van der Waals surface area contributed by atoms with Crippen LogP contribution in [0.2, 0.25) is 0 Å². The highest BCUT2D eigenvalue weighted by Crippen LogP contribution is 2.25. The highest BCUT2D eigenvalue weighted by atomic mass is 19.3. The van der Waals surface area contributed by atoms with Crippen molar-refractivity contribution in [3.8, 4) is 0 Å². The maximum Gasteiger partial charge on any atom is 0.270 e. The van der Waals surface area contributed by atoms with Gasteiger partial charge >= 0.3 is 0 Å². The van der Waals surface area contributed by atoms with Gasteiger partial charge in [-0.2, -0.15) is 4.39 Å². The number of fused-ring (bicyclic) bond motifs is 1. The molecule has 0 spiro atoms. The largest absolute Gasteiger partial charge is 0.365 e. The first-order valence-corrected chi connectivity index (χ1v) is 11.4. The van der Waals surface area contributed by atoms with E-state index in [-0.39, 0.29) is 35.1 Å². The zero-order valence-corrected chi connectivity index (χ0v) is 18.7. The van der Waals surface area contributed by atoms with Crippen molar-refractivity contribution in [1.29, 1.82) is 0 Å². The average Bonchev–Trinajstić information content (AvgIpc) is 3.65. The number of hydrogen-bond donors (Lipinski definition) is 2. The van der Waals surface area contributed by atoms with Crippen LogP contribution in [0, 0.1) is 11.8 Å². The van der Waals surface area contributed by atoms with Crippen molar-refractivity contribution in [2.75, 3.05) is 31.1 Å². The number of piperazine rings is 1. The molecule has 0 atom stereocenters. The normalized spacial score (nSPS) is 16.8. The van der Waals surface area contributed by atoms with Crippen LogP contribution in [0.1, 0.15) is 40.9 Å². The Morgan fingerprint density at radius 3 is 2.51 bits per heavy atom. The number of aromatic nitrogens is 2. The molecule has 35 heavy (non-hydrogen) atoms. The molecule has 1 aromatic carbocycles. The fraction of sp³-hybridized carbons (Fsp3) is 0.375. The molecule has 3 heterocycles. The number of aromatic amines is 1. The minimum Gasteiger partial charge on any atom is -0.365 e. The molecule has 0 bridgehead atoms. The van der Waals surface area contributed by atoms with E-state index in [1.54, 1.807) is 6.07 Å². The molecule has 1 aliphatic heterocycles. The smallest absolute Gasteiger partial charge is 0.270 e. The Morgan fingerprint density at radius 2 is 1.86 bits per heavy atom. The molecule has 1 amide bonds. The first-order chi connectivity index (χ1) is 16.8. The number of H-pyrrole nitrogens is 1. The number of pyridine rings is 2. The molecule has 2 aliphatic rings. The second-order valence-electron chi connectivity index (χ2n) is 8.87. The Balaban J connectivity index is 1.24. The summed E-state index contributed by atoms with van der Waals surface area (Å²) in [5.41, 5.74) is -1.14. The van der Waals surface area contributed by atoms with Gasteiger partial charge in [0, 0.05) is 49.7 Å². The van der Waals surface area contributed by atoms with E-state index in [4.69, 9.17) is 0 Å². The molecule has 11 heteroatoms. The van der Waals surface area contributed by atoms with Crippen LogP contribution in [0.5, 0.6) is 0 Å². The maximum atomic E-state index is 15.0. The third-order valence-electron chi connectivity index (χ3n) is 6.38. The standard InChI is InChI=1S/C24H23F4N5O2/c25-19-14(2-1-13-11-16(21(26)27)23(34)31-20(13)19)12-32-7-9-33(10-8-32)18-6-5-17(30-22(18)28)24(35)29-15-3-4-15/h1-2,5-6,11,15,21H,3-4,7-10,12H2,(H,29,35)(H,31,34). The molecule has 2 fully saturated rings. The molecule has 0 unspecified atom stereocenters. The van der Waals surface area contributed by atoms with Gasteiger partial charge in [0.15, 0.2) is 5.82 Å². The number of anilines is 1. The molecule has 1 saturated carbocycles. The molecule has 7 nitrogen and oxygen atoms in total. The number of carbonyl (C=O) groups excluding carboxylic acids is 1. The SMILES string of the molecule is O=C(NC1CC1)c1ccc(N2CCN(Cc3ccc4cc(C(F)F)c(=O)[nH]c4c3F)CC2)c(F)n1. The molecule has 1 saturated heterocycles. The Hall–Kier alpha value is -3.47. The van der Waals surface area contributed by atoms with Gasteiger partial charge in [-0.25, -0.2) is 18.2 Å². The minimum atomic E-state index is -2.95. The monoisotopic (exact) mass is 489 g/mol. The Labute approximate surface area is 197 Å². The molecule has 2 aromatic heterocycles. The molecule has 5 rings (SSSR count). The fourth-order valence-corrected chi connectivity index (χ4v) is 4.25. The fourth-order valence-electron chi connectivity index (χ4n) is 4.25. The number of benzene rings is 1. The van der Waals surface area contributed by atoms with Crippen molar-refractivity contribution < 1.29 is 22.4 Å². The summed E-state index contributed by atoms with van der Waals surface area (Å²) in [5, 5.41) is 2.98. The van der Waals surface area contributed by atoms with Crippen molar-refractivity contribution in [1.82, 2.24) is 20.2 Å². The van der Waals surface area contributed by atoms with Gasteiger partial charge < -0.3 is 15.2 Å². The maximum absolute atomic E-state index is 15.0. The van der Waals surface area contributed by atoms with Crippen LogP contribution >= 0.6 is 0 Å². The van der Waals surface area contributed by atoms with Crippen LogP contribution in [0.4, 0.5) is 23.2 Å². The van der Waals surface area contributed by atoms with E-state index >= 15 is 4.39 Å². The zero-order chi connectivity index (χ0) is 24.7. The van der Waals surface area contributed by atoms with Crippen molar-refractivity contribution in [2.24, 2.45) is 0 Å². The van der Waals surface area contributed by atoms with Crippen LogP contribution in [0.15, 0.2) is 35.1 Å². The van der Waals surface area contributed by atoms with Gasteiger partial charge in [-0.15, -0.1) is 0 Å². The van der Waals surface area contributed by atoms with E-state index in [0.717, 1.165) is 18.9 Å². The number of nitrogens with one attached hydrogen (secondary N) is 2. The molecule has 2 N–H and O–H groups in total. The first-order valence-electron chi connectivity index (χ1n) is 11.4. The number of rotatable bonds is 6. The summed E-state index contributed by atoms with van der Waals surface area (Å²) in [6.45, 7) is 2.21. The quantitative estimate of drug-likeness (QED) is 0.410. The van der Waals surface area contributed by atoms with Crippen LogP contribution < -0.4 is 15.8 Å². The lowest BCUT2D eigenvalue weighted by atomic mass is 10.1. The molecule has 3 aromatic rings. The lowest BCUT2D eigenvalue weighted by molar-refractivity contribution is 0.0945. The predicted octanol–water partition coefficient (Wildman–Crippen LogP) is 3.35. The van der Waals surface area contributed by atoms with Gasteiger partial charge in [0.1, 0.15) is 5.69 Å².